The molecular weight excluding hydrogens is 370 g/mol. The fourth-order valence-corrected chi connectivity index (χ4v) is 4.02. The van der Waals surface area contributed by atoms with Crippen molar-refractivity contribution in [2.24, 2.45) is 0 Å². The summed E-state index contributed by atoms with van der Waals surface area (Å²) in [7, 11) is 0. The smallest absolute Gasteiger partial charge is 0.408 e. The summed E-state index contributed by atoms with van der Waals surface area (Å²) in [4.78, 5) is 29.7. The standard InChI is InChI=1S/C18H21N3O5S/c1-10(20-17(24)15-6-13(23)7-21(15)18(25)26)11-2-4-12(5-3-11)16-14(8-22)19-9-27-16/h2-5,9-10,13,15,22-23H,6-8H2,1H3,(H,20,24)(H,25,26)/t10-,13+,15-/m0/s1. The molecular formula is C18H21N3O5S. The lowest BCUT2D eigenvalue weighted by Gasteiger charge is -2.23. The van der Waals surface area contributed by atoms with E-state index in [0.717, 1.165) is 20.9 Å². The number of nitrogens with zero attached hydrogens (tertiary/aromatic N) is 2. The first-order valence-electron chi connectivity index (χ1n) is 8.52. The Labute approximate surface area is 160 Å². The van der Waals surface area contributed by atoms with Crippen molar-refractivity contribution in [1.82, 2.24) is 15.2 Å². The molecule has 3 rings (SSSR count). The number of amides is 2. The van der Waals surface area contributed by atoms with Crippen LogP contribution in [0.15, 0.2) is 29.8 Å². The van der Waals surface area contributed by atoms with Gasteiger partial charge < -0.3 is 20.6 Å². The Morgan fingerprint density at radius 3 is 2.70 bits per heavy atom. The number of nitrogens with one attached hydrogen (secondary N) is 1. The normalized spacial score (nSPS) is 20.5. The van der Waals surface area contributed by atoms with Crippen LogP contribution < -0.4 is 5.32 Å². The van der Waals surface area contributed by atoms with Gasteiger partial charge in [0.25, 0.3) is 0 Å². The third-order valence-corrected chi connectivity index (χ3v) is 5.57. The van der Waals surface area contributed by atoms with Crippen molar-refractivity contribution >= 4 is 23.3 Å². The fraction of sp³-hybridized carbons (Fsp3) is 0.389. The average Bonchev–Trinajstić information content (AvgIpc) is 3.28. The summed E-state index contributed by atoms with van der Waals surface area (Å²) in [6.07, 6.45) is -1.95. The van der Waals surface area contributed by atoms with Gasteiger partial charge in [-0.2, -0.15) is 0 Å². The zero-order valence-corrected chi connectivity index (χ0v) is 15.5. The van der Waals surface area contributed by atoms with Crippen molar-refractivity contribution < 1.29 is 24.9 Å². The Balaban J connectivity index is 1.68. The van der Waals surface area contributed by atoms with Gasteiger partial charge in [-0.05, 0) is 18.1 Å². The van der Waals surface area contributed by atoms with Gasteiger partial charge in [0.1, 0.15) is 6.04 Å². The van der Waals surface area contributed by atoms with Crippen LogP contribution in [0.5, 0.6) is 0 Å². The lowest BCUT2D eigenvalue weighted by atomic mass is 10.0. The topological polar surface area (TPSA) is 123 Å². The van der Waals surface area contributed by atoms with Crippen molar-refractivity contribution in [2.75, 3.05) is 6.54 Å². The maximum atomic E-state index is 12.5. The van der Waals surface area contributed by atoms with E-state index in [1.54, 1.807) is 5.51 Å². The van der Waals surface area contributed by atoms with Gasteiger partial charge in [0, 0.05) is 6.42 Å². The molecule has 2 aromatic rings. The van der Waals surface area contributed by atoms with E-state index in [1.165, 1.54) is 11.3 Å². The van der Waals surface area contributed by atoms with E-state index >= 15 is 0 Å². The number of likely N-dealkylation sites (tertiary alicyclic amines) is 1. The summed E-state index contributed by atoms with van der Waals surface area (Å²) in [5, 5.41) is 31.0. The monoisotopic (exact) mass is 391 g/mol. The number of benzene rings is 1. The molecule has 2 amide bonds. The number of carbonyl (C=O) groups is 2. The number of rotatable bonds is 5. The molecule has 144 valence electrons. The van der Waals surface area contributed by atoms with Crippen molar-refractivity contribution in [1.29, 1.82) is 0 Å². The number of β-amino-alcohol motifs (C(OH)–C–C–N with tert-alkyl or cyclic N) is 1. The van der Waals surface area contributed by atoms with Crippen LogP contribution in [-0.4, -0.2) is 55.9 Å². The zero-order valence-electron chi connectivity index (χ0n) is 14.7. The highest BCUT2D eigenvalue weighted by Gasteiger charge is 2.39. The van der Waals surface area contributed by atoms with E-state index in [2.05, 4.69) is 10.3 Å². The second kappa shape index (κ2) is 8.03. The van der Waals surface area contributed by atoms with Gasteiger partial charge in [0.05, 0.1) is 41.4 Å². The van der Waals surface area contributed by atoms with Gasteiger partial charge in [-0.1, -0.05) is 24.3 Å². The molecule has 0 unspecified atom stereocenters. The van der Waals surface area contributed by atoms with Crippen LogP contribution in [0.3, 0.4) is 0 Å². The van der Waals surface area contributed by atoms with Gasteiger partial charge in [0.15, 0.2) is 0 Å². The molecule has 1 aliphatic heterocycles. The number of aromatic nitrogens is 1. The second-order valence-electron chi connectivity index (χ2n) is 6.48. The van der Waals surface area contributed by atoms with Crippen LogP contribution >= 0.6 is 11.3 Å². The lowest BCUT2D eigenvalue weighted by Crippen LogP contribution is -2.46. The van der Waals surface area contributed by atoms with Crippen LogP contribution in [0.2, 0.25) is 0 Å². The molecule has 8 nitrogen and oxygen atoms in total. The van der Waals surface area contributed by atoms with Crippen molar-refractivity contribution in [2.45, 2.75) is 38.1 Å². The van der Waals surface area contributed by atoms with Gasteiger partial charge in [-0.3, -0.25) is 9.69 Å². The van der Waals surface area contributed by atoms with Crippen molar-refractivity contribution in [3.05, 3.63) is 41.0 Å². The number of thiazole rings is 1. The Kier molecular flexibility index (Phi) is 5.73. The molecule has 4 N–H and O–H groups in total. The maximum absolute atomic E-state index is 12.5. The quantitative estimate of drug-likeness (QED) is 0.614. The number of hydrogen-bond acceptors (Lipinski definition) is 6. The second-order valence-corrected chi connectivity index (χ2v) is 7.33. The highest BCUT2D eigenvalue weighted by atomic mass is 32.1. The average molecular weight is 391 g/mol. The van der Waals surface area contributed by atoms with Crippen LogP contribution in [0.4, 0.5) is 4.79 Å². The minimum atomic E-state index is -1.21. The van der Waals surface area contributed by atoms with Crippen LogP contribution in [-0.2, 0) is 11.4 Å². The predicted molar refractivity (Wildman–Crippen MR) is 99.2 cm³/mol. The van der Waals surface area contributed by atoms with E-state index in [4.69, 9.17) is 0 Å². The molecule has 0 aliphatic carbocycles. The summed E-state index contributed by atoms with van der Waals surface area (Å²) < 4.78 is 0. The third-order valence-electron chi connectivity index (χ3n) is 4.65. The molecule has 9 heteroatoms. The van der Waals surface area contributed by atoms with Crippen LogP contribution in [0.1, 0.15) is 30.6 Å². The molecule has 0 bridgehead atoms. The molecule has 3 atom stereocenters. The van der Waals surface area contributed by atoms with Crippen molar-refractivity contribution in [3.8, 4) is 10.4 Å². The fourth-order valence-electron chi connectivity index (χ4n) is 3.21. The summed E-state index contributed by atoms with van der Waals surface area (Å²) in [5.41, 5.74) is 4.10. The first-order chi connectivity index (χ1) is 12.9. The van der Waals surface area contributed by atoms with Crippen LogP contribution in [0.25, 0.3) is 10.4 Å². The Hall–Kier alpha value is -2.49. The molecule has 1 fully saturated rings. The third kappa shape index (κ3) is 4.10. The SMILES string of the molecule is C[C@H](NC(=O)[C@@H]1C[C@@H](O)CN1C(=O)O)c1ccc(-c2scnc2CO)cc1. The number of carboxylic acid groups (broad SMARTS) is 1. The van der Waals surface area contributed by atoms with Gasteiger partial charge >= 0.3 is 6.09 Å². The molecule has 27 heavy (non-hydrogen) atoms. The van der Waals surface area contributed by atoms with Crippen molar-refractivity contribution in [3.63, 3.8) is 0 Å². The molecule has 1 aromatic heterocycles. The first kappa shape index (κ1) is 19.3. The predicted octanol–water partition coefficient (Wildman–Crippen LogP) is 1.59. The Bertz CT molecular complexity index is 823. The Morgan fingerprint density at radius 2 is 2.07 bits per heavy atom. The molecule has 1 aliphatic rings. The largest absolute Gasteiger partial charge is 0.465 e. The summed E-state index contributed by atoms with van der Waals surface area (Å²) in [6, 6.07) is 6.34. The molecule has 0 spiro atoms. The molecule has 1 saturated heterocycles. The Morgan fingerprint density at radius 1 is 1.37 bits per heavy atom. The number of aliphatic hydroxyl groups is 2. The molecule has 0 radical (unpaired) electrons. The summed E-state index contributed by atoms with van der Waals surface area (Å²) in [5.74, 6) is -0.421. The minimum absolute atomic E-state index is 0.0570. The highest BCUT2D eigenvalue weighted by molar-refractivity contribution is 7.13. The maximum Gasteiger partial charge on any atom is 0.408 e. The van der Waals surface area contributed by atoms with Gasteiger partial charge in [-0.15, -0.1) is 11.3 Å². The lowest BCUT2D eigenvalue weighted by molar-refractivity contribution is -0.125. The highest BCUT2D eigenvalue weighted by Crippen LogP contribution is 2.29. The van der Waals surface area contributed by atoms with Crippen LogP contribution in [0, 0.1) is 0 Å². The van der Waals surface area contributed by atoms with E-state index < -0.39 is 24.1 Å². The van der Waals surface area contributed by atoms with Gasteiger partial charge in [-0.25, -0.2) is 9.78 Å². The van der Waals surface area contributed by atoms with E-state index in [9.17, 15) is 24.9 Å². The first-order valence-corrected chi connectivity index (χ1v) is 9.40. The van der Waals surface area contributed by atoms with E-state index in [1.807, 2.05) is 31.2 Å². The van der Waals surface area contributed by atoms with E-state index in [-0.39, 0.29) is 25.6 Å². The summed E-state index contributed by atoms with van der Waals surface area (Å²) in [6.45, 7) is 1.63. The zero-order chi connectivity index (χ0) is 19.6. The molecule has 1 aromatic carbocycles. The van der Waals surface area contributed by atoms with Gasteiger partial charge in [0.2, 0.25) is 5.91 Å². The summed E-state index contributed by atoms with van der Waals surface area (Å²) >= 11 is 1.45. The number of aliphatic hydroxyl groups excluding tert-OH is 2. The van der Waals surface area contributed by atoms with E-state index in [0.29, 0.717) is 5.69 Å². The number of carbonyl (C=O) groups excluding carboxylic acids is 1. The number of hydrogen-bond donors (Lipinski definition) is 4. The minimum Gasteiger partial charge on any atom is -0.465 e. The molecule has 0 saturated carbocycles. The molecule has 2 heterocycles.